The molecule has 4 rings (SSSR count). The molecule has 0 aliphatic carbocycles. The Morgan fingerprint density at radius 2 is 1.63 bits per heavy atom. The number of hydrogen-bond acceptors (Lipinski definition) is 5. The lowest BCUT2D eigenvalue weighted by Crippen LogP contribution is -2.53. The van der Waals surface area contributed by atoms with Crippen LogP contribution >= 0.6 is 11.3 Å². The van der Waals surface area contributed by atoms with E-state index >= 15 is 0 Å². The van der Waals surface area contributed by atoms with Gasteiger partial charge in [0.05, 0.1) is 11.3 Å². The molecule has 0 unspecified atom stereocenters. The van der Waals surface area contributed by atoms with Crippen LogP contribution < -0.4 is 0 Å². The van der Waals surface area contributed by atoms with Gasteiger partial charge in [0, 0.05) is 57.1 Å². The van der Waals surface area contributed by atoms with Crippen LogP contribution in [0.5, 0.6) is 0 Å². The minimum absolute atomic E-state index is 0.0341. The fraction of sp³-hybridized carbons (Fsp3) is 0.455. The molecule has 2 aliphatic rings. The van der Waals surface area contributed by atoms with Crippen LogP contribution in [-0.2, 0) is 16.0 Å². The van der Waals surface area contributed by atoms with Crippen molar-refractivity contribution in [3.05, 3.63) is 52.5 Å². The normalized spacial score (nSPS) is 17.8. The molecule has 2 aromatic heterocycles. The van der Waals surface area contributed by atoms with Crippen LogP contribution in [-0.4, -0.2) is 76.7 Å². The number of carbonyl (C=O) groups excluding carboxylic acids is 3. The van der Waals surface area contributed by atoms with Gasteiger partial charge < -0.3 is 14.7 Å². The van der Waals surface area contributed by atoms with Crippen LogP contribution in [0.1, 0.15) is 28.2 Å². The molecule has 158 valence electrons. The molecule has 0 bridgehead atoms. The Bertz CT molecular complexity index is 871. The van der Waals surface area contributed by atoms with Crippen molar-refractivity contribution in [2.45, 2.75) is 19.3 Å². The van der Waals surface area contributed by atoms with Gasteiger partial charge in [-0.3, -0.25) is 19.4 Å². The number of amides is 3. The molecule has 2 aliphatic heterocycles. The van der Waals surface area contributed by atoms with Crippen LogP contribution in [0.4, 0.5) is 0 Å². The molecular weight excluding hydrogens is 400 g/mol. The van der Waals surface area contributed by atoms with E-state index in [1.54, 1.807) is 6.20 Å². The van der Waals surface area contributed by atoms with Gasteiger partial charge in [-0.1, -0.05) is 12.1 Å². The molecule has 0 aromatic carbocycles. The fourth-order valence-electron chi connectivity index (χ4n) is 4.09. The Hall–Kier alpha value is -2.74. The van der Waals surface area contributed by atoms with Crippen molar-refractivity contribution in [2.24, 2.45) is 5.92 Å². The summed E-state index contributed by atoms with van der Waals surface area (Å²) < 4.78 is 0. The summed E-state index contributed by atoms with van der Waals surface area (Å²) in [6, 6.07) is 9.30. The Morgan fingerprint density at radius 3 is 2.27 bits per heavy atom. The average molecular weight is 427 g/mol. The van der Waals surface area contributed by atoms with Crippen LogP contribution in [0.3, 0.4) is 0 Å². The standard InChI is InChI=1S/C22H26N4O3S/c27-20(16-18-4-1-2-8-23-18)24-11-13-26(14-12-24)21(28)17-6-9-25(10-7-17)22(29)19-5-3-15-30-19/h1-5,8,15,17H,6-7,9-14,16H2. The van der Waals surface area contributed by atoms with E-state index in [4.69, 9.17) is 0 Å². The smallest absolute Gasteiger partial charge is 0.263 e. The zero-order valence-corrected chi connectivity index (χ0v) is 17.7. The zero-order chi connectivity index (χ0) is 20.9. The lowest BCUT2D eigenvalue weighted by Gasteiger charge is -2.38. The molecule has 0 N–H and O–H groups in total. The molecule has 0 atom stereocenters. The molecule has 2 aromatic rings. The van der Waals surface area contributed by atoms with Crippen molar-refractivity contribution >= 4 is 29.1 Å². The van der Waals surface area contributed by atoms with Crippen LogP contribution in [0.25, 0.3) is 0 Å². The third-order valence-corrected chi connectivity index (χ3v) is 6.72. The minimum Gasteiger partial charge on any atom is -0.339 e. The maximum Gasteiger partial charge on any atom is 0.263 e. The van der Waals surface area contributed by atoms with Crippen molar-refractivity contribution in [2.75, 3.05) is 39.3 Å². The number of carbonyl (C=O) groups is 3. The highest BCUT2D eigenvalue weighted by Gasteiger charge is 2.32. The lowest BCUT2D eigenvalue weighted by molar-refractivity contribution is -0.142. The number of aromatic nitrogens is 1. The Morgan fingerprint density at radius 1 is 0.900 bits per heavy atom. The summed E-state index contributed by atoms with van der Waals surface area (Å²) in [4.78, 5) is 48.4. The number of hydrogen-bond donors (Lipinski definition) is 0. The number of thiophene rings is 1. The summed E-state index contributed by atoms with van der Waals surface area (Å²) >= 11 is 1.45. The summed E-state index contributed by atoms with van der Waals surface area (Å²) in [6.45, 7) is 3.51. The van der Waals surface area contributed by atoms with Crippen LogP contribution in [0.15, 0.2) is 41.9 Å². The van der Waals surface area contributed by atoms with Gasteiger partial charge >= 0.3 is 0 Å². The van der Waals surface area contributed by atoms with Gasteiger partial charge in [0.15, 0.2) is 0 Å². The highest BCUT2D eigenvalue weighted by Crippen LogP contribution is 2.23. The maximum atomic E-state index is 12.9. The molecular formula is C22H26N4O3S. The lowest BCUT2D eigenvalue weighted by atomic mass is 9.94. The molecule has 3 amide bonds. The summed E-state index contributed by atoms with van der Waals surface area (Å²) in [5.41, 5.74) is 0.768. The van der Waals surface area contributed by atoms with Crippen LogP contribution in [0, 0.1) is 5.92 Å². The SMILES string of the molecule is O=C(Cc1ccccn1)N1CCN(C(=O)C2CCN(C(=O)c3cccs3)CC2)CC1. The molecule has 2 saturated heterocycles. The maximum absolute atomic E-state index is 12.9. The monoisotopic (exact) mass is 426 g/mol. The van der Waals surface area contributed by atoms with Gasteiger partial charge in [-0.15, -0.1) is 11.3 Å². The van der Waals surface area contributed by atoms with Gasteiger partial charge in [-0.05, 0) is 36.4 Å². The number of nitrogens with zero attached hydrogens (tertiary/aromatic N) is 4. The first-order chi connectivity index (χ1) is 14.6. The molecule has 2 fully saturated rings. The Kier molecular flexibility index (Phi) is 6.42. The quantitative estimate of drug-likeness (QED) is 0.749. The highest BCUT2D eigenvalue weighted by atomic mass is 32.1. The number of rotatable bonds is 4. The van der Waals surface area contributed by atoms with Crippen molar-refractivity contribution in [3.8, 4) is 0 Å². The zero-order valence-electron chi connectivity index (χ0n) is 16.9. The predicted octanol–water partition coefficient (Wildman–Crippen LogP) is 1.91. The topological polar surface area (TPSA) is 73.8 Å². The number of piperazine rings is 1. The second-order valence-corrected chi connectivity index (χ2v) is 8.70. The molecule has 0 spiro atoms. The van der Waals surface area contributed by atoms with E-state index in [0.29, 0.717) is 58.5 Å². The second-order valence-electron chi connectivity index (χ2n) is 7.75. The van der Waals surface area contributed by atoms with E-state index in [1.165, 1.54) is 11.3 Å². The number of likely N-dealkylation sites (tertiary alicyclic amines) is 1. The third kappa shape index (κ3) is 4.70. The van der Waals surface area contributed by atoms with E-state index < -0.39 is 0 Å². The molecule has 0 saturated carbocycles. The van der Waals surface area contributed by atoms with Gasteiger partial charge in [-0.25, -0.2) is 0 Å². The Balaban J connectivity index is 1.23. The van der Waals surface area contributed by atoms with Gasteiger partial charge in [0.25, 0.3) is 5.91 Å². The number of pyridine rings is 1. The van der Waals surface area contributed by atoms with Crippen molar-refractivity contribution < 1.29 is 14.4 Å². The first-order valence-corrected chi connectivity index (χ1v) is 11.3. The van der Waals surface area contributed by atoms with E-state index in [9.17, 15) is 14.4 Å². The third-order valence-electron chi connectivity index (χ3n) is 5.87. The van der Waals surface area contributed by atoms with Gasteiger partial charge in [-0.2, -0.15) is 0 Å². The first kappa shape index (κ1) is 20.5. The molecule has 0 radical (unpaired) electrons. The predicted molar refractivity (Wildman–Crippen MR) is 114 cm³/mol. The van der Waals surface area contributed by atoms with Gasteiger partial charge in [0.1, 0.15) is 0 Å². The molecule has 7 nitrogen and oxygen atoms in total. The first-order valence-electron chi connectivity index (χ1n) is 10.4. The van der Waals surface area contributed by atoms with Gasteiger partial charge in [0.2, 0.25) is 11.8 Å². The van der Waals surface area contributed by atoms with E-state index in [0.717, 1.165) is 10.6 Å². The molecule has 4 heterocycles. The summed E-state index contributed by atoms with van der Waals surface area (Å²) in [7, 11) is 0. The van der Waals surface area contributed by atoms with Crippen molar-refractivity contribution in [3.63, 3.8) is 0 Å². The number of piperidine rings is 1. The minimum atomic E-state index is -0.0341. The molecule has 8 heteroatoms. The summed E-state index contributed by atoms with van der Waals surface area (Å²) in [5, 5.41) is 1.91. The largest absolute Gasteiger partial charge is 0.339 e. The molecule has 30 heavy (non-hydrogen) atoms. The Labute approximate surface area is 180 Å². The van der Waals surface area contributed by atoms with E-state index in [1.807, 2.05) is 50.4 Å². The van der Waals surface area contributed by atoms with E-state index in [2.05, 4.69) is 4.98 Å². The second kappa shape index (κ2) is 9.38. The summed E-state index contributed by atoms with van der Waals surface area (Å²) in [5.74, 6) is 0.250. The van der Waals surface area contributed by atoms with Crippen LogP contribution in [0.2, 0.25) is 0 Å². The average Bonchev–Trinajstić information content (AvgIpc) is 3.34. The fourth-order valence-corrected chi connectivity index (χ4v) is 4.78. The van der Waals surface area contributed by atoms with E-state index in [-0.39, 0.29) is 23.6 Å². The van der Waals surface area contributed by atoms with Crippen molar-refractivity contribution in [1.82, 2.24) is 19.7 Å². The van der Waals surface area contributed by atoms with Crippen molar-refractivity contribution in [1.29, 1.82) is 0 Å². The highest BCUT2D eigenvalue weighted by molar-refractivity contribution is 7.12. The summed E-state index contributed by atoms with van der Waals surface area (Å²) in [6.07, 6.45) is 3.40.